The third-order valence-corrected chi connectivity index (χ3v) is 4.75. The van der Waals surface area contributed by atoms with E-state index in [-0.39, 0.29) is 0 Å². The molecule has 0 amide bonds. The summed E-state index contributed by atoms with van der Waals surface area (Å²) in [6.07, 6.45) is 4.07. The van der Waals surface area contributed by atoms with E-state index in [1.165, 1.54) is 24.8 Å². The van der Waals surface area contributed by atoms with E-state index in [0.717, 1.165) is 22.6 Å². The van der Waals surface area contributed by atoms with Crippen molar-refractivity contribution in [2.24, 2.45) is 5.41 Å². The molecule has 1 N–H and O–H groups in total. The summed E-state index contributed by atoms with van der Waals surface area (Å²) in [5, 5.41) is 4.32. The highest BCUT2D eigenvalue weighted by molar-refractivity contribution is 9.10. The van der Waals surface area contributed by atoms with E-state index in [2.05, 4.69) is 34.2 Å². The quantitative estimate of drug-likeness (QED) is 0.851. The second-order valence-corrected chi connectivity index (χ2v) is 5.97. The standard InChI is InChI=1S/C13H17BrClN/c1-2-13(5-6-13)9-16-8-10-3-4-11(14)12(15)7-10/h3-4,7,16H,2,5-6,8-9H2,1H3. The molecule has 0 saturated heterocycles. The highest BCUT2D eigenvalue weighted by atomic mass is 79.9. The monoisotopic (exact) mass is 301 g/mol. The summed E-state index contributed by atoms with van der Waals surface area (Å²) in [5.74, 6) is 0. The normalized spacial score (nSPS) is 17.4. The summed E-state index contributed by atoms with van der Waals surface area (Å²) in [4.78, 5) is 0. The number of nitrogens with one attached hydrogen (secondary N) is 1. The molecule has 0 aromatic heterocycles. The first-order valence-corrected chi connectivity index (χ1v) is 6.97. The first-order valence-electron chi connectivity index (χ1n) is 5.80. The summed E-state index contributed by atoms with van der Waals surface area (Å²) >= 11 is 9.45. The van der Waals surface area contributed by atoms with Crippen molar-refractivity contribution in [2.45, 2.75) is 32.7 Å². The van der Waals surface area contributed by atoms with Crippen LogP contribution in [0.15, 0.2) is 22.7 Å². The Balaban J connectivity index is 1.83. The molecule has 3 heteroatoms. The number of rotatable bonds is 5. The first kappa shape index (κ1) is 12.4. The highest BCUT2D eigenvalue weighted by Crippen LogP contribution is 2.47. The van der Waals surface area contributed by atoms with Crippen molar-refractivity contribution >= 4 is 27.5 Å². The fraction of sp³-hybridized carbons (Fsp3) is 0.538. The second kappa shape index (κ2) is 5.07. The summed E-state index contributed by atoms with van der Waals surface area (Å²) in [5.41, 5.74) is 1.86. The van der Waals surface area contributed by atoms with Gasteiger partial charge in [0.1, 0.15) is 0 Å². The SMILES string of the molecule is CCC1(CNCc2ccc(Br)c(Cl)c2)CC1. The molecule has 1 aromatic rings. The van der Waals surface area contributed by atoms with Crippen LogP contribution in [0, 0.1) is 5.41 Å². The third kappa shape index (κ3) is 2.99. The molecule has 1 nitrogen and oxygen atoms in total. The Morgan fingerprint density at radius 1 is 1.44 bits per heavy atom. The smallest absolute Gasteiger partial charge is 0.0551 e. The van der Waals surface area contributed by atoms with Crippen LogP contribution in [0.2, 0.25) is 5.02 Å². The Hall–Kier alpha value is -0.0500. The molecular formula is C13H17BrClN. The summed E-state index contributed by atoms with van der Waals surface area (Å²) in [6, 6.07) is 6.13. The van der Waals surface area contributed by atoms with Gasteiger partial charge in [0.15, 0.2) is 0 Å². The molecule has 0 bridgehead atoms. The van der Waals surface area contributed by atoms with E-state index in [4.69, 9.17) is 11.6 Å². The zero-order valence-electron chi connectivity index (χ0n) is 9.52. The highest BCUT2D eigenvalue weighted by Gasteiger charge is 2.39. The predicted octanol–water partition coefficient (Wildman–Crippen LogP) is 4.38. The minimum atomic E-state index is 0.610. The van der Waals surface area contributed by atoms with E-state index < -0.39 is 0 Å². The lowest BCUT2D eigenvalue weighted by atomic mass is 10.0. The molecule has 88 valence electrons. The van der Waals surface area contributed by atoms with Crippen LogP contribution in [0.5, 0.6) is 0 Å². The topological polar surface area (TPSA) is 12.0 Å². The molecule has 0 aliphatic heterocycles. The summed E-state index contributed by atoms with van der Waals surface area (Å²) < 4.78 is 0.963. The minimum Gasteiger partial charge on any atom is -0.312 e. The zero-order valence-corrected chi connectivity index (χ0v) is 11.9. The molecule has 0 spiro atoms. The maximum Gasteiger partial charge on any atom is 0.0551 e. The minimum absolute atomic E-state index is 0.610. The second-order valence-electron chi connectivity index (χ2n) is 4.71. The molecule has 0 radical (unpaired) electrons. The Labute approximate surface area is 111 Å². The van der Waals surface area contributed by atoms with Crippen LogP contribution in [0.3, 0.4) is 0 Å². The summed E-state index contributed by atoms with van der Waals surface area (Å²) in [6.45, 7) is 4.33. The molecule has 1 aliphatic rings. The third-order valence-electron chi connectivity index (χ3n) is 3.52. The largest absolute Gasteiger partial charge is 0.312 e. The van der Waals surface area contributed by atoms with Crippen LogP contribution in [0.1, 0.15) is 31.7 Å². The number of hydrogen-bond donors (Lipinski definition) is 1. The van der Waals surface area contributed by atoms with Crippen molar-refractivity contribution in [1.29, 1.82) is 0 Å². The van der Waals surface area contributed by atoms with Crippen LogP contribution in [0.25, 0.3) is 0 Å². The van der Waals surface area contributed by atoms with Crippen molar-refractivity contribution in [3.8, 4) is 0 Å². The number of halogens is 2. The van der Waals surface area contributed by atoms with Gasteiger partial charge in [0, 0.05) is 17.6 Å². The van der Waals surface area contributed by atoms with Gasteiger partial charge < -0.3 is 5.32 Å². The molecule has 16 heavy (non-hydrogen) atoms. The van der Waals surface area contributed by atoms with Crippen molar-refractivity contribution in [2.75, 3.05) is 6.54 Å². The van der Waals surface area contributed by atoms with E-state index in [0.29, 0.717) is 5.41 Å². The van der Waals surface area contributed by atoms with Gasteiger partial charge in [-0.15, -0.1) is 0 Å². The van der Waals surface area contributed by atoms with Gasteiger partial charge in [-0.25, -0.2) is 0 Å². The van der Waals surface area contributed by atoms with E-state index in [9.17, 15) is 0 Å². The van der Waals surface area contributed by atoms with Crippen LogP contribution < -0.4 is 5.32 Å². The van der Waals surface area contributed by atoms with Crippen molar-refractivity contribution in [3.63, 3.8) is 0 Å². The van der Waals surface area contributed by atoms with Gasteiger partial charge in [0.25, 0.3) is 0 Å². The fourth-order valence-electron chi connectivity index (χ4n) is 1.95. The molecule has 1 fully saturated rings. The van der Waals surface area contributed by atoms with Crippen molar-refractivity contribution in [1.82, 2.24) is 5.32 Å². The maximum absolute atomic E-state index is 6.05. The average Bonchev–Trinajstić information content (AvgIpc) is 3.04. The lowest BCUT2D eigenvalue weighted by Gasteiger charge is -2.13. The number of hydrogen-bond acceptors (Lipinski definition) is 1. The molecule has 1 aliphatic carbocycles. The summed E-state index contributed by atoms with van der Waals surface area (Å²) in [7, 11) is 0. The molecule has 0 heterocycles. The Bertz CT molecular complexity index is 374. The first-order chi connectivity index (χ1) is 7.65. The van der Waals surface area contributed by atoms with Crippen molar-refractivity contribution < 1.29 is 0 Å². The molecule has 1 saturated carbocycles. The van der Waals surface area contributed by atoms with Crippen LogP contribution in [-0.2, 0) is 6.54 Å². The Morgan fingerprint density at radius 3 is 2.75 bits per heavy atom. The lowest BCUT2D eigenvalue weighted by Crippen LogP contribution is -2.23. The maximum atomic E-state index is 6.05. The molecular weight excluding hydrogens is 286 g/mol. The van der Waals surface area contributed by atoms with Gasteiger partial charge in [-0.05, 0) is 58.3 Å². The molecule has 2 rings (SSSR count). The molecule has 1 aromatic carbocycles. The van der Waals surface area contributed by atoms with Gasteiger partial charge in [0.2, 0.25) is 0 Å². The zero-order chi connectivity index (χ0) is 11.6. The van der Waals surface area contributed by atoms with Gasteiger partial charge >= 0.3 is 0 Å². The van der Waals surface area contributed by atoms with Crippen molar-refractivity contribution in [3.05, 3.63) is 33.3 Å². The van der Waals surface area contributed by atoms with Gasteiger partial charge in [-0.1, -0.05) is 24.6 Å². The number of benzene rings is 1. The van der Waals surface area contributed by atoms with E-state index >= 15 is 0 Å². The van der Waals surface area contributed by atoms with E-state index in [1.807, 2.05) is 12.1 Å². The van der Waals surface area contributed by atoms with E-state index in [1.54, 1.807) is 0 Å². The lowest BCUT2D eigenvalue weighted by molar-refractivity contribution is 0.443. The van der Waals surface area contributed by atoms with Gasteiger partial charge in [0.05, 0.1) is 5.02 Å². The average molecular weight is 303 g/mol. The van der Waals surface area contributed by atoms with Gasteiger partial charge in [-0.2, -0.15) is 0 Å². The van der Waals surface area contributed by atoms with Crippen LogP contribution in [-0.4, -0.2) is 6.54 Å². The van der Waals surface area contributed by atoms with Crippen LogP contribution in [0.4, 0.5) is 0 Å². The van der Waals surface area contributed by atoms with Crippen LogP contribution >= 0.6 is 27.5 Å². The predicted molar refractivity (Wildman–Crippen MR) is 72.8 cm³/mol. The Kier molecular flexibility index (Phi) is 3.93. The molecule has 0 unspecified atom stereocenters. The Morgan fingerprint density at radius 2 is 2.19 bits per heavy atom. The fourth-order valence-corrected chi connectivity index (χ4v) is 2.40. The van der Waals surface area contributed by atoms with Gasteiger partial charge in [-0.3, -0.25) is 0 Å². The molecule has 0 atom stereocenters.